The van der Waals surface area contributed by atoms with Gasteiger partial charge in [-0.2, -0.15) is 0 Å². The van der Waals surface area contributed by atoms with Gasteiger partial charge in [-0.25, -0.2) is 4.79 Å². The fraction of sp³-hybridized carbons (Fsp3) is 0.222. The lowest BCUT2D eigenvalue weighted by Gasteiger charge is -2.26. The van der Waals surface area contributed by atoms with Gasteiger partial charge in [0.2, 0.25) is 0 Å². The van der Waals surface area contributed by atoms with Crippen molar-refractivity contribution in [1.82, 2.24) is 0 Å². The Labute approximate surface area is 148 Å². The zero-order valence-corrected chi connectivity index (χ0v) is 13.6. The van der Waals surface area contributed by atoms with Crippen LogP contribution in [0.25, 0.3) is 0 Å². The highest BCUT2D eigenvalue weighted by molar-refractivity contribution is 5.85. The molecule has 1 atom stereocenters. The third-order valence-corrected chi connectivity index (χ3v) is 3.79. The number of para-hydroxylation sites is 1. The van der Waals surface area contributed by atoms with Gasteiger partial charge in [0.1, 0.15) is 12.4 Å². The van der Waals surface area contributed by atoms with E-state index in [2.05, 4.69) is 0 Å². The first kappa shape index (κ1) is 17.4. The minimum absolute atomic E-state index is 0.0411. The van der Waals surface area contributed by atoms with Crippen LogP contribution in [0.5, 0.6) is 5.75 Å². The molecule has 0 amide bonds. The van der Waals surface area contributed by atoms with Gasteiger partial charge in [0.05, 0.1) is 11.3 Å². The molecular weight excluding hydrogens is 342 g/mol. The first-order chi connectivity index (χ1) is 12.5. The highest BCUT2D eigenvalue weighted by Crippen LogP contribution is 2.31. The largest absolute Gasteiger partial charge is 0.455 e. The predicted molar refractivity (Wildman–Crippen MR) is 88.0 cm³/mol. The maximum atomic E-state index is 12.5. The third-order valence-electron chi connectivity index (χ3n) is 3.79. The van der Waals surface area contributed by atoms with Crippen molar-refractivity contribution in [2.24, 2.45) is 0 Å². The van der Waals surface area contributed by atoms with E-state index < -0.39 is 22.6 Å². The number of nitro benzene ring substituents is 1. The van der Waals surface area contributed by atoms with Crippen molar-refractivity contribution in [2.75, 3.05) is 0 Å². The SMILES string of the molecule is O=C1CCC(Oc2ccccc2)(C(=O)OCc2ccc([N+](=O)[O-])cc2)O1. The van der Waals surface area contributed by atoms with Gasteiger partial charge in [-0.05, 0) is 29.8 Å². The molecule has 2 aromatic carbocycles. The lowest BCUT2D eigenvalue weighted by atomic mass is 10.2. The summed E-state index contributed by atoms with van der Waals surface area (Å²) in [7, 11) is 0. The fourth-order valence-electron chi connectivity index (χ4n) is 2.46. The lowest BCUT2D eigenvalue weighted by molar-refractivity contribution is -0.384. The molecule has 26 heavy (non-hydrogen) atoms. The smallest absolute Gasteiger partial charge is 0.393 e. The van der Waals surface area contributed by atoms with Crippen LogP contribution in [0, 0.1) is 10.1 Å². The molecule has 1 unspecified atom stereocenters. The highest BCUT2D eigenvalue weighted by Gasteiger charge is 2.51. The Balaban J connectivity index is 1.70. The highest BCUT2D eigenvalue weighted by atomic mass is 16.7. The molecule has 8 nitrogen and oxygen atoms in total. The molecule has 3 rings (SSSR count). The quantitative estimate of drug-likeness (QED) is 0.444. The lowest BCUT2D eigenvalue weighted by Crippen LogP contribution is -2.45. The van der Waals surface area contributed by atoms with Crippen molar-refractivity contribution in [3.8, 4) is 5.75 Å². The standard InChI is InChI=1S/C18H15NO7/c20-16-10-11-18(26-16,25-15-4-2-1-3-5-15)17(21)24-12-13-6-8-14(9-7-13)19(22)23/h1-9H,10-12H2. The first-order valence-electron chi connectivity index (χ1n) is 7.85. The molecule has 0 aromatic heterocycles. The average molecular weight is 357 g/mol. The zero-order valence-electron chi connectivity index (χ0n) is 13.6. The summed E-state index contributed by atoms with van der Waals surface area (Å²) in [6.45, 7) is -0.131. The molecule has 8 heteroatoms. The second-order valence-electron chi connectivity index (χ2n) is 5.64. The molecule has 1 aliphatic rings. The number of nitro groups is 1. The monoisotopic (exact) mass is 357 g/mol. The summed E-state index contributed by atoms with van der Waals surface area (Å²) in [4.78, 5) is 34.2. The van der Waals surface area contributed by atoms with E-state index in [9.17, 15) is 19.7 Å². The van der Waals surface area contributed by atoms with Crippen LogP contribution in [0.4, 0.5) is 5.69 Å². The van der Waals surface area contributed by atoms with Gasteiger partial charge in [0.15, 0.2) is 0 Å². The van der Waals surface area contributed by atoms with Crippen LogP contribution >= 0.6 is 0 Å². The number of rotatable bonds is 6. The maximum Gasteiger partial charge on any atom is 0.393 e. The summed E-state index contributed by atoms with van der Waals surface area (Å²) in [6.07, 6.45) is 0.0826. The number of carbonyl (C=O) groups is 2. The van der Waals surface area contributed by atoms with Crippen molar-refractivity contribution in [3.05, 3.63) is 70.3 Å². The number of nitrogens with zero attached hydrogens (tertiary/aromatic N) is 1. The summed E-state index contributed by atoms with van der Waals surface area (Å²) in [6, 6.07) is 14.1. The number of ether oxygens (including phenoxy) is 3. The van der Waals surface area contributed by atoms with Crippen molar-refractivity contribution < 1.29 is 28.7 Å². The molecule has 0 saturated carbocycles. The maximum absolute atomic E-state index is 12.5. The number of hydrogen-bond donors (Lipinski definition) is 0. The van der Waals surface area contributed by atoms with Crippen LogP contribution in [0.15, 0.2) is 54.6 Å². The van der Waals surface area contributed by atoms with Crippen LogP contribution in [0.2, 0.25) is 0 Å². The minimum Gasteiger partial charge on any atom is -0.455 e. The van der Waals surface area contributed by atoms with Gasteiger partial charge < -0.3 is 14.2 Å². The molecule has 0 spiro atoms. The van der Waals surface area contributed by atoms with Gasteiger partial charge in [-0.3, -0.25) is 14.9 Å². The molecule has 2 aromatic rings. The van der Waals surface area contributed by atoms with Gasteiger partial charge in [-0.1, -0.05) is 18.2 Å². The van der Waals surface area contributed by atoms with Crippen molar-refractivity contribution in [2.45, 2.75) is 25.2 Å². The van der Waals surface area contributed by atoms with Crippen LogP contribution in [-0.4, -0.2) is 22.6 Å². The van der Waals surface area contributed by atoms with E-state index in [4.69, 9.17) is 14.2 Å². The van der Waals surface area contributed by atoms with E-state index in [-0.39, 0.29) is 25.1 Å². The van der Waals surface area contributed by atoms with Crippen LogP contribution in [-0.2, 0) is 25.7 Å². The van der Waals surface area contributed by atoms with Gasteiger partial charge in [0.25, 0.3) is 5.69 Å². The summed E-state index contributed by atoms with van der Waals surface area (Å²) in [5, 5.41) is 10.7. The molecule has 0 aliphatic carbocycles. The Morgan fingerprint density at radius 2 is 1.85 bits per heavy atom. The Kier molecular flexibility index (Phi) is 4.83. The predicted octanol–water partition coefficient (Wildman–Crippen LogP) is 2.75. The van der Waals surface area contributed by atoms with E-state index in [0.717, 1.165) is 0 Å². The van der Waals surface area contributed by atoms with E-state index in [1.54, 1.807) is 30.3 Å². The number of hydrogen-bond acceptors (Lipinski definition) is 7. The molecule has 1 heterocycles. The normalized spacial score (nSPS) is 18.8. The molecular formula is C18H15NO7. The Hall–Kier alpha value is -3.42. The molecule has 0 bridgehead atoms. The molecule has 1 aliphatic heterocycles. The number of benzene rings is 2. The summed E-state index contributed by atoms with van der Waals surface area (Å²) < 4.78 is 16.0. The Morgan fingerprint density at radius 1 is 1.15 bits per heavy atom. The van der Waals surface area contributed by atoms with Crippen molar-refractivity contribution >= 4 is 17.6 Å². The fourth-order valence-corrected chi connectivity index (χ4v) is 2.46. The molecule has 0 radical (unpaired) electrons. The molecule has 0 N–H and O–H groups in total. The van der Waals surface area contributed by atoms with Crippen LogP contribution in [0.1, 0.15) is 18.4 Å². The first-order valence-corrected chi connectivity index (χ1v) is 7.85. The van der Waals surface area contributed by atoms with Crippen molar-refractivity contribution in [1.29, 1.82) is 0 Å². The Morgan fingerprint density at radius 3 is 2.42 bits per heavy atom. The summed E-state index contributed by atoms with van der Waals surface area (Å²) in [5.74, 6) is -2.83. The van der Waals surface area contributed by atoms with Gasteiger partial charge in [0, 0.05) is 18.6 Å². The summed E-state index contributed by atoms with van der Waals surface area (Å²) in [5.41, 5.74) is 0.497. The zero-order chi connectivity index (χ0) is 18.6. The Bertz CT molecular complexity index is 819. The average Bonchev–Trinajstić information content (AvgIpc) is 3.02. The van der Waals surface area contributed by atoms with E-state index >= 15 is 0 Å². The number of non-ortho nitro benzene ring substituents is 1. The number of cyclic esters (lactones) is 1. The topological polar surface area (TPSA) is 105 Å². The van der Waals surface area contributed by atoms with Crippen LogP contribution in [0.3, 0.4) is 0 Å². The van der Waals surface area contributed by atoms with Gasteiger partial charge in [-0.15, -0.1) is 0 Å². The number of esters is 2. The van der Waals surface area contributed by atoms with Crippen LogP contribution < -0.4 is 4.74 Å². The third kappa shape index (κ3) is 3.80. The molecule has 1 fully saturated rings. The second-order valence-corrected chi connectivity index (χ2v) is 5.64. The molecule has 134 valence electrons. The van der Waals surface area contributed by atoms with E-state index in [0.29, 0.717) is 11.3 Å². The van der Waals surface area contributed by atoms with Crippen molar-refractivity contribution in [3.63, 3.8) is 0 Å². The molecule has 1 saturated heterocycles. The number of carbonyl (C=O) groups excluding carboxylic acids is 2. The van der Waals surface area contributed by atoms with Gasteiger partial charge >= 0.3 is 17.7 Å². The second kappa shape index (κ2) is 7.22. The summed E-state index contributed by atoms with van der Waals surface area (Å²) >= 11 is 0. The van der Waals surface area contributed by atoms with E-state index in [1.165, 1.54) is 24.3 Å². The van der Waals surface area contributed by atoms with E-state index in [1.807, 2.05) is 0 Å². The minimum atomic E-state index is -1.82.